The molecule has 1 aliphatic carbocycles. The van der Waals surface area contributed by atoms with Gasteiger partial charge in [-0.2, -0.15) is 0 Å². The van der Waals surface area contributed by atoms with Crippen molar-refractivity contribution in [3.63, 3.8) is 0 Å². The number of aromatic nitrogens is 4. The van der Waals surface area contributed by atoms with Crippen LogP contribution in [0.3, 0.4) is 0 Å². The van der Waals surface area contributed by atoms with Gasteiger partial charge in [0.05, 0.1) is 5.69 Å². The van der Waals surface area contributed by atoms with E-state index in [2.05, 4.69) is 30.7 Å². The van der Waals surface area contributed by atoms with E-state index in [-0.39, 0.29) is 17.1 Å². The molecule has 1 aromatic carbocycles. The number of imidazole rings is 1. The number of hydrogen-bond acceptors (Lipinski definition) is 5. The molecular formula is C22H24ClN5O. The van der Waals surface area contributed by atoms with Gasteiger partial charge >= 0.3 is 0 Å². The summed E-state index contributed by atoms with van der Waals surface area (Å²) in [5.74, 6) is 2.02. The minimum absolute atomic E-state index is 0.172. The summed E-state index contributed by atoms with van der Waals surface area (Å²) in [4.78, 5) is 22.5. The Balaban J connectivity index is 1.57. The maximum absolute atomic E-state index is 6.42. The molecule has 3 heterocycles. The van der Waals surface area contributed by atoms with Gasteiger partial charge in [-0.3, -0.25) is 0 Å². The molecule has 0 bridgehead atoms. The van der Waals surface area contributed by atoms with E-state index >= 15 is 0 Å². The second kappa shape index (κ2) is 6.52. The number of rotatable bonds is 3. The van der Waals surface area contributed by atoms with Gasteiger partial charge in [-0.15, -0.1) is 0 Å². The van der Waals surface area contributed by atoms with Crippen LogP contribution in [0, 0.1) is 0 Å². The minimum atomic E-state index is -0.327. The summed E-state index contributed by atoms with van der Waals surface area (Å²) in [6.07, 6.45) is 4.95. The van der Waals surface area contributed by atoms with E-state index in [4.69, 9.17) is 31.3 Å². The summed E-state index contributed by atoms with van der Waals surface area (Å²) < 4.78 is 5.61. The Labute approximate surface area is 174 Å². The molecule has 5 rings (SSSR count). The second-order valence-corrected chi connectivity index (χ2v) is 9.48. The van der Waals surface area contributed by atoms with E-state index in [1.807, 2.05) is 24.3 Å². The predicted molar refractivity (Wildman–Crippen MR) is 114 cm³/mol. The Morgan fingerprint density at radius 3 is 2.66 bits per heavy atom. The molecular weight excluding hydrogens is 386 g/mol. The SMILES string of the molecule is CC(C)(C)c1nc(Cc2ccccc2Cl)c2[nH]c(C3CCC4(C3)N=CO4)nc2n1. The topological polar surface area (TPSA) is 76.0 Å². The van der Waals surface area contributed by atoms with Crippen molar-refractivity contribution in [1.82, 2.24) is 19.9 Å². The molecule has 2 atom stereocenters. The molecule has 2 aliphatic rings. The highest BCUT2D eigenvalue weighted by molar-refractivity contribution is 6.31. The van der Waals surface area contributed by atoms with E-state index < -0.39 is 0 Å². The normalized spacial score (nSPS) is 23.5. The molecule has 7 heteroatoms. The first kappa shape index (κ1) is 18.6. The highest BCUT2D eigenvalue weighted by Gasteiger charge is 2.45. The van der Waals surface area contributed by atoms with Crippen LogP contribution < -0.4 is 0 Å². The molecule has 2 unspecified atom stereocenters. The number of nitrogens with zero attached hydrogens (tertiary/aromatic N) is 4. The predicted octanol–water partition coefficient (Wildman–Crippen LogP) is 4.92. The van der Waals surface area contributed by atoms with E-state index in [0.717, 1.165) is 58.4 Å². The smallest absolute Gasteiger partial charge is 0.205 e. The molecule has 1 fully saturated rings. The quantitative estimate of drug-likeness (QED) is 0.666. The summed E-state index contributed by atoms with van der Waals surface area (Å²) >= 11 is 6.42. The van der Waals surface area contributed by atoms with Gasteiger partial charge in [0, 0.05) is 35.6 Å². The number of benzene rings is 1. The molecule has 1 N–H and O–H groups in total. The Morgan fingerprint density at radius 2 is 2.00 bits per heavy atom. The first-order valence-electron chi connectivity index (χ1n) is 10.0. The fraction of sp³-hybridized carbons (Fsp3) is 0.455. The average molecular weight is 410 g/mol. The van der Waals surface area contributed by atoms with E-state index in [1.165, 1.54) is 0 Å². The number of ether oxygens (including phenoxy) is 1. The molecule has 6 nitrogen and oxygen atoms in total. The molecule has 0 amide bonds. The highest BCUT2D eigenvalue weighted by Crippen LogP contribution is 2.45. The van der Waals surface area contributed by atoms with Crippen molar-refractivity contribution in [3.05, 3.63) is 52.2 Å². The zero-order valence-corrected chi connectivity index (χ0v) is 17.6. The summed E-state index contributed by atoms with van der Waals surface area (Å²) in [5.41, 5.74) is 3.09. The first-order valence-corrected chi connectivity index (χ1v) is 10.4. The fourth-order valence-corrected chi connectivity index (χ4v) is 4.30. The van der Waals surface area contributed by atoms with E-state index in [1.54, 1.807) is 6.40 Å². The number of H-pyrrole nitrogens is 1. The number of halogens is 1. The molecule has 2 aromatic heterocycles. The zero-order chi connectivity index (χ0) is 20.2. The summed E-state index contributed by atoms with van der Waals surface area (Å²) in [7, 11) is 0. The lowest BCUT2D eigenvalue weighted by atomic mass is 9.95. The molecule has 1 aliphatic heterocycles. The number of hydrogen-bond donors (Lipinski definition) is 1. The van der Waals surface area contributed by atoms with Crippen molar-refractivity contribution in [2.45, 2.75) is 63.5 Å². The van der Waals surface area contributed by atoms with Crippen LogP contribution in [-0.4, -0.2) is 32.1 Å². The standard InChI is InChI=1S/C22H24ClN5O/c1-21(2,3)20-25-16(10-13-6-4-5-7-15(13)23)17-19(28-20)27-18(26-17)14-8-9-22(11-14)24-12-29-22/h4-7,12,14H,8-11H2,1-3H3,(H,25,26,27,28). The minimum Gasteiger partial charge on any atom is -0.456 e. The summed E-state index contributed by atoms with van der Waals surface area (Å²) in [5, 5.41) is 0.744. The van der Waals surface area contributed by atoms with Crippen LogP contribution in [0.4, 0.5) is 0 Å². The lowest BCUT2D eigenvalue weighted by molar-refractivity contribution is 0.0345. The van der Waals surface area contributed by atoms with Gasteiger partial charge in [0.25, 0.3) is 0 Å². The van der Waals surface area contributed by atoms with Gasteiger partial charge in [-0.1, -0.05) is 50.6 Å². The third-order valence-corrected chi connectivity index (χ3v) is 6.20. The third-order valence-electron chi connectivity index (χ3n) is 5.83. The van der Waals surface area contributed by atoms with Crippen molar-refractivity contribution in [3.8, 4) is 0 Å². The van der Waals surface area contributed by atoms with Crippen molar-refractivity contribution < 1.29 is 4.74 Å². The van der Waals surface area contributed by atoms with Crippen molar-refractivity contribution in [1.29, 1.82) is 0 Å². The van der Waals surface area contributed by atoms with Crippen molar-refractivity contribution in [2.75, 3.05) is 0 Å². The lowest BCUT2D eigenvalue weighted by Gasteiger charge is -2.30. The number of nitrogens with one attached hydrogen (secondary N) is 1. The van der Waals surface area contributed by atoms with Crippen LogP contribution in [0.5, 0.6) is 0 Å². The van der Waals surface area contributed by atoms with Crippen molar-refractivity contribution in [2.24, 2.45) is 4.99 Å². The maximum atomic E-state index is 6.42. The van der Waals surface area contributed by atoms with Gasteiger partial charge in [0.1, 0.15) is 17.2 Å². The second-order valence-electron chi connectivity index (χ2n) is 9.07. The third kappa shape index (κ3) is 3.29. The maximum Gasteiger partial charge on any atom is 0.205 e. The summed E-state index contributed by atoms with van der Waals surface area (Å²) in [6.45, 7) is 6.36. The van der Waals surface area contributed by atoms with E-state index in [9.17, 15) is 0 Å². The van der Waals surface area contributed by atoms with Gasteiger partial charge in [-0.25, -0.2) is 19.9 Å². The number of fused-ring (bicyclic) bond motifs is 1. The van der Waals surface area contributed by atoms with Gasteiger partial charge in [-0.05, 0) is 18.1 Å². The lowest BCUT2D eigenvalue weighted by Crippen LogP contribution is -2.34. The Morgan fingerprint density at radius 1 is 1.21 bits per heavy atom. The fourth-order valence-electron chi connectivity index (χ4n) is 4.10. The number of aromatic amines is 1. The van der Waals surface area contributed by atoms with Crippen LogP contribution >= 0.6 is 11.6 Å². The molecule has 1 spiro atoms. The molecule has 0 radical (unpaired) electrons. The Bertz CT molecular complexity index is 1120. The molecule has 150 valence electrons. The molecule has 29 heavy (non-hydrogen) atoms. The van der Waals surface area contributed by atoms with Crippen LogP contribution in [-0.2, 0) is 16.6 Å². The monoisotopic (exact) mass is 409 g/mol. The Kier molecular flexibility index (Phi) is 4.17. The molecule has 0 saturated heterocycles. The summed E-state index contributed by atoms with van der Waals surface area (Å²) in [6, 6.07) is 7.89. The van der Waals surface area contributed by atoms with Gasteiger partial charge < -0.3 is 9.72 Å². The largest absolute Gasteiger partial charge is 0.456 e. The van der Waals surface area contributed by atoms with Gasteiger partial charge in [0.2, 0.25) is 5.72 Å². The van der Waals surface area contributed by atoms with Crippen molar-refractivity contribution >= 4 is 29.2 Å². The van der Waals surface area contributed by atoms with Crippen LogP contribution in [0.25, 0.3) is 11.2 Å². The van der Waals surface area contributed by atoms with Gasteiger partial charge in [0.15, 0.2) is 12.0 Å². The van der Waals surface area contributed by atoms with Crippen LogP contribution in [0.1, 0.15) is 68.9 Å². The molecule has 3 aromatic rings. The van der Waals surface area contributed by atoms with Crippen LogP contribution in [0.2, 0.25) is 5.02 Å². The molecule has 1 saturated carbocycles. The highest BCUT2D eigenvalue weighted by atomic mass is 35.5. The van der Waals surface area contributed by atoms with E-state index in [0.29, 0.717) is 6.42 Å². The average Bonchev–Trinajstić information content (AvgIpc) is 3.26. The number of aliphatic imine (C=N–C) groups is 1. The first-order chi connectivity index (χ1) is 13.8. The zero-order valence-electron chi connectivity index (χ0n) is 16.9. The van der Waals surface area contributed by atoms with Crippen LogP contribution in [0.15, 0.2) is 29.3 Å². The Hall–Kier alpha value is -2.47.